The molecular formula is C19H21NO. The topological polar surface area (TPSA) is 29.1 Å². The lowest BCUT2D eigenvalue weighted by molar-refractivity contribution is -0.124. The summed E-state index contributed by atoms with van der Waals surface area (Å²) in [5.41, 5.74) is 4.09. The second kappa shape index (κ2) is 5.36. The van der Waals surface area contributed by atoms with Gasteiger partial charge in [-0.2, -0.15) is 0 Å². The molecule has 0 heterocycles. The van der Waals surface area contributed by atoms with Crippen LogP contribution in [0.25, 0.3) is 0 Å². The molecule has 3 rings (SSSR count). The maximum atomic E-state index is 12.9. The Kier molecular flexibility index (Phi) is 3.54. The van der Waals surface area contributed by atoms with Gasteiger partial charge in [0.05, 0.1) is 5.41 Å². The van der Waals surface area contributed by atoms with Gasteiger partial charge in [0.25, 0.3) is 0 Å². The van der Waals surface area contributed by atoms with E-state index < -0.39 is 0 Å². The van der Waals surface area contributed by atoms with Gasteiger partial charge in [-0.15, -0.1) is 0 Å². The SMILES string of the molecule is Cc1cccc(NC(=O)C2(c3ccccc3)CCC2)c1C. The fraction of sp³-hybridized carbons (Fsp3) is 0.316. The van der Waals surface area contributed by atoms with E-state index in [9.17, 15) is 4.79 Å². The largest absolute Gasteiger partial charge is 0.325 e. The Morgan fingerprint density at radius 3 is 2.33 bits per heavy atom. The van der Waals surface area contributed by atoms with E-state index in [1.54, 1.807) is 0 Å². The molecule has 2 nitrogen and oxygen atoms in total. The predicted octanol–water partition coefficient (Wildman–Crippen LogP) is 4.36. The molecule has 1 aliphatic rings. The van der Waals surface area contributed by atoms with Crippen molar-refractivity contribution in [3.63, 3.8) is 0 Å². The highest BCUT2D eigenvalue weighted by atomic mass is 16.2. The lowest BCUT2D eigenvalue weighted by Crippen LogP contribution is -2.46. The molecular weight excluding hydrogens is 258 g/mol. The second-order valence-electron chi connectivity index (χ2n) is 6.00. The van der Waals surface area contributed by atoms with Crippen LogP contribution < -0.4 is 5.32 Å². The zero-order valence-corrected chi connectivity index (χ0v) is 12.6. The molecule has 0 bridgehead atoms. The number of hydrogen-bond acceptors (Lipinski definition) is 1. The van der Waals surface area contributed by atoms with E-state index in [1.807, 2.05) is 30.3 Å². The minimum absolute atomic E-state index is 0.133. The highest BCUT2D eigenvalue weighted by Gasteiger charge is 2.45. The fourth-order valence-electron chi connectivity index (χ4n) is 3.06. The number of carbonyl (C=O) groups excluding carboxylic acids is 1. The molecule has 0 aliphatic heterocycles. The van der Waals surface area contributed by atoms with Crippen LogP contribution in [-0.4, -0.2) is 5.91 Å². The van der Waals surface area contributed by atoms with Gasteiger partial charge in [-0.3, -0.25) is 4.79 Å². The van der Waals surface area contributed by atoms with Gasteiger partial charge >= 0.3 is 0 Å². The van der Waals surface area contributed by atoms with Crippen LogP contribution in [-0.2, 0) is 10.2 Å². The molecule has 0 atom stereocenters. The van der Waals surface area contributed by atoms with Gasteiger partial charge in [0.2, 0.25) is 5.91 Å². The van der Waals surface area contributed by atoms with Crippen LogP contribution in [0, 0.1) is 13.8 Å². The number of nitrogens with one attached hydrogen (secondary N) is 1. The van der Waals surface area contributed by atoms with Gasteiger partial charge < -0.3 is 5.32 Å². The Morgan fingerprint density at radius 2 is 1.71 bits per heavy atom. The van der Waals surface area contributed by atoms with Crippen molar-refractivity contribution < 1.29 is 4.79 Å². The average molecular weight is 279 g/mol. The van der Waals surface area contributed by atoms with Crippen molar-refractivity contribution in [2.24, 2.45) is 0 Å². The Bertz CT molecular complexity index is 657. The third-order valence-corrected chi connectivity index (χ3v) is 4.82. The normalized spacial score (nSPS) is 16.1. The Hall–Kier alpha value is -2.09. The Balaban J connectivity index is 1.89. The minimum atomic E-state index is -0.336. The molecule has 2 heteroatoms. The molecule has 108 valence electrons. The summed E-state index contributed by atoms with van der Waals surface area (Å²) in [6, 6.07) is 16.2. The number of benzene rings is 2. The molecule has 0 saturated heterocycles. The molecule has 2 aromatic rings. The first-order valence-corrected chi connectivity index (χ1v) is 7.57. The van der Waals surface area contributed by atoms with E-state index in [1.165, 1.54) is 5.56 Å². The van der Waals surface area contributed by atoms with E-state index in [0.29, 0.717) is 0 Å². The van der Waals surface area contributed by atoms with Gasteiger partial charge in [0.1, 0.15) is 0 Å². The van der Waals surface area contributed by atoms with E-state index in [4.69, 9.17) is 0 Å². The van der Waals surface area contributed by atoms with Crippen molar-refractivity contribution >= 4 is 11.6 Å². The lowest BCUT2D eigenvalue weighted by atomic mass is 9.64. The van der Waals surface area contributed by atoms with Crippen LogP contribution in [0.4, 0.5) is 5.69 Å². The molecule has 0 aromatic heterocycles. The summed E-state index contributed by atoms with van der Waals surface area (Å²) in [4.78, 5) is 12.9. The number of anilines is 1. The van der Waals surface area contributed by atoms with Gasteiger partial charge in [-0.05, 0) is 49.4 Å². The molecule has 1 amide bonds. The molecule has 1 fully saturated rings. The zero-order valence-electron chi connectivity index (χ0n) is 12.6. The van der Waals surface area contributed by atoms with Crippen LogP contribution in [0.15, 0.2) is 48.5 Å². The smallest absolute Gasteiger partial charge is 0.235 e. The van der Waals surface area contributed by atoms with Crippen LogP contribution in [0.3, 0.4) is 0 Å². The van der Waals surface area contributed by atoms with E-state index in [2.05, 4.69) is 37.4 Å². The van der Waals surface area contributed by atoms with Crippen molar-refractivity contribution in [3.8, 4) is 0 Å². The maximum Gasteiger partial charge on any atom is 0.235 e. The quantitative estimate of drug-likeness (QED) is 0.888. The van der Waals surface area contributed by atoms with Crippen molar-refractivity contribution in [2.45, 2.75) is 38.5 Å². The molecule has 0 spiro atoms. The number of aryl methyl sites for hydroxylation is 1. The van der Waals surface area contributed by atoms with Crippen molar-refractivity contribution in [2.75, 3.05) is 5.32 Å². The predicted molar refractivity (Wildman–Crippen MR) is 86.5 cm³/mol. The van der Waals surface area contributed by atoms with Gasteiger partial charge in [-0.25, -0.2) is 0 Å². The molecule has 2 aromatic carbocycles. The van der Waals surface area contributed by atoms with E-state index in [-0.39, 0.29) is 11.3 Å². The van der Waals surface area contributed by atoms with Crippen molar-refractivity contribution in [1.29, 1.82) is 0 Å². The highest BCUT2D eigenvalue weighted by Crippen LogP contribution is 2.44. The summed E-state index contributed by atoms with van der Waals surface area (Å²) in [5, 5.41) is 3.15. The number of carbonyl (C=O) groups is 1. The summed E-state index contributed by atoms with van der Waals surface area (Å²) in [6.45, 7) is 4.13. The number of amides is 1. The van der Waals surface area contributed by atoms with Gasteiger partial charge in [0, 0.05) is 5.69 Å². The Labute approximate surface area is 126 Å². The summed E-state index contributed by atoms with van der Waals surface area (Å²) < 4.78 is 0. The first-order valence-electron chi connectivity index (χ1n) is 7.57. The number of rotatable bonds is 3. The molecule has 21 heavy (non-hydrogen) atoms. The third kappa shape index (κ3) is 2.35. The van der Waals surface area contributed by atoms with Gasteiger partial charge in [-0.1, -0.05) is 48.9 Å². The van der Waals surface area contributed by atoms with Crippen LogP contribution in [0.2, 0.25) is 0 Å². The van der Waals surface area contributed by atoms with Gasteiger partial charge in [0.15, 0.2) is 0 Å². The second-order valence-corrected chi connectivity index (χ2v) is 6.00. The first kappa shape index (κ1) is 13.9. The van der Waals surface area contributed by atoms with Crippen LogP contribution in [0.5, 0.6) is 0 Å². The maximum absolute atomic E-state index is 12.9. The monoisotopic (exact) mass is 279 g/mol. The molecule has 0 unspecified atom stereocenters. The summed E-state index contributed by atoms with van der Waals surface area (Å²) >= 11 is 0. The van der Waals surface area contributed by atoms with E-state index in [0.717, 1.165) is 36.1 Å². The van der Waals surface area contributed by atoms with Crippen molar-refractivity contribution in [1.82, 2.24) is 0 Å². The van der Waals surface area contributed by atoms with Crippen molar-refractivity contribution in [3.05, 3.63) is 65.2 Å². The molecule has 1 saturated carbocycles. The van der Waals surface area contributed by atoms with Crippen LogP contribution in [0.1, 0.15) is 36.0 Å². The molecule has 0 radical (unpaired) electrons. The number of hydrogen-bond donors (Lipinski definition) is 1. The third-order valence-electron chi connectivity index (χ3n) is 4.82. The first-order chi connectivity index (χ1) is 10.1. The summed E-state index contributed by atoms with van der Waals surface area (Å²) in [6.07, 6.45) is 3.00. The summed E-state index contributed by atoms with van der Waals surface area (Å²) in [7, 11) is 0. The molecule has 1 N–H and O–H groups in total. The minimum Gasteiger partial charge on any atom is -0.325 e. The fourth-order valence-corrected chi connectivity index (χ4v) is 3.06. The zero-order chi connectivity index (χ0) is 14.9. The highest BCUT2D eigenvalue weighted by molar-refractivity contribution is 6.00. The lowest BCUT2D eigenvalue weighted by Gasteiger charge is -2.40. The van der Waals surface area contributed by atoms with Crippen LogP contribution >= 0.6 is 0 Å². The van der Waals surface area contributed by atoms with E-state index >= 15 is 0 Å². The molecule has 1 aliphatic carbocycles. The Morgan fingerprint density at radius 1 is 1.00 bits per heavy atom. The summed E-state index contributed by atoms with van der Waals surface area (Å²) in [5.74, 6) is 0.133. The average Bonchev–Trinajstić information content (AvgIpc) is 2.44. The standard InChI is InChI=1S/C19H21NO/c1-14-8-6-11-17(15(14)2)20-18(21)19(12-7-13-19)16-9-4-3-5-10-16/h3-6,8-11H,7,12-13H2,1-2H3,(H,20,21).